The molecule has 0 aliphatic carbocycles. The highest BCUT2D eigenvalue weighted by molar-refractivity contribution is 5.42. The lowest BCUT2D eigenvalue weighted by Gasteiger charge is -2.03. The van der Waals surface area contributed by atoms with E-state index in [0.717, 1.165) is 25.1 Å². The molecule has 2 nitrogen and oxygen atoms in total. The highest BCUT2D eigenvalue weighted by Crippen LogP contribution is 2.05. The molecule has 0 aliphatic heterocycles. The quantitative estimate of drug-likeness (QED) is 0.697. The molecule has 1 aromatic carbocycles. The molecule has 0 heterocycles. The Bertz CT molecular complexity index is 261. The van der Waals surface area contributed by atoms with E-state index in [4.69, 9.17) is 5.26 Å². The summed E-state index contributed by atoms with van der Waals surface area (Å²) in [6.07, 6.45) is 2.70. The Kier molecular flexibility index (Phi) is 4.48. The van der Waals surface area contributed by atoms with Crippen molar-refractivity contribution in [3.05, 3.63) is 30.3 Å². The van der Waals surface area contributed by atoms with Crippen molar-refractivity contribution in [2.75, 3.05) is 11.9 Å². The molecule has 0 bridgehead atoms. The van der Waals surface area contributed by atoms with Crippen LogP contribution in [0, 0.1) is 11.3 Å². The van der Waals surface area contributed by atoms with Crippen molar-refractivity contribution in [3.8, 4) is 6.07 Å². The van der Waals surface area contributed by atoms with Crippen LogP contribution in [0.1, 0.15) is 19.3 Å². The van der Waals surface area contributed by atoms with Gasteiger partial charge in [0.2, 0.25) is 0 Å². The van der Waals surface area contributed by atoms with Gasteiger partial charge in [-0.2, -0.15) is 5.26 Å². The second kappa shape index (κ2) is 6.07. The van der Waals surface area contributed by atoms with Crippen LogP contribution in [-0.2, 0) is 0 Å². The van der Waals surface area contributed by atoms with E-state index in [-0.39, 0.29) is 0 Å². The van der Waals surface area contributed by atoms with Gasteiger partial charge in [0.25, 0.3) is 0 Å². The first kappa shape index (κ1) is 9.60. The Morgan fingerprint density at radius 3 is 2.62 bits per heavy atom. The molecule has 0 amide bonds. The standard InChI is InChI=1S/C11H14N2/c12-9-5-2-6-10-13-11-7-3-1-4-8-11/h1,3-4,7-8,13H,2,5-6,10H2. The van der Waals surface area contributed by atoms with Crippen LogP contribution in [0.5, 0.6) is 0 Å². The van der Waals surface area contributed by atoms with Gasteiger partial charge in [0.15, 0.2) is 0 Å². The van der Waals surface area contributed by atoms with Crippen molar-refractivity contribution in [2.24, 2.45) is 0 Å². The van der Waals surface area contributed by atoms with Crippen molar-refractivity contribution in [1.29, 1.82) is 5.26 Å². The van der Waals surface area contributed by atoms with Gasteiger partial charge in [0.05, 0.1) is 6.07 Å². The van der Waals surface area contributed by atoms with Gasteiger partial charge in [-0.3, -0.25) is 0 Å². The summed E-state index contributed by atoms with van der Waals surface area (Å²) in [6, 6.07) is 12.3. The van der Waals surface area contributed by atoms with Gasteiger partial charge in [-0.15, -0.1) is 0 Å². The predicted octanol–water partition coefficient (Wildman–Crippen LogP) is 2.79. The Labute approximate surface area is 79.2 Å². The lowest BCUT2D eigenvalue weighted by molar-refractivity contribution is 0.785. The average Bonchev–Trinajstić information content (AvgIpc) is 2.19. The van der Waals surface area contributed by atoms with Crippen molar-refractivity contribution >= 4 is 5.69 Å². The molecule has 0 atom stereocenters. The normalized spacial score (nSPS) is 9.15. The van der Waals surface area contributed by atoms with Crippen molar-refractivity contribution < 1.29 is 0 Å². The zero-order valence-electron chi connectivity index (χ0n) is 7.66. The maximum absolute atomic E-state index is 8.31. The van der Waals surface area contributed by atoms with Crippen LogP contribution in [-0.4, -0.2) is 6.54 Å². The van der Waals surface area contributed by atoms with Gasteiger partial charge >= 0.3 is 0 Å². The Hall–Kier alpha value is -1.49. The summed E-state index contributed by atoms with van der Waals surface area (Å²) in [5.41, 5.74) is 1.15. The van der Waals surface area contributed by atoms with Crippen LogP contribution < -0.4 is 5.32 Å². The molecule has 1 aromatic rings. The van der Waals surface area contributed by atoms with E-state index in [1.54, 1.807) is 0 Å². The smallest absolute Gasteiger partial charge is 0.0621 e. The third kappa shape index (κ3) is 4.17. The third-order valence-electron chi connectivity index (χ3n) is 1.82. The van der Waals surface area contributed by atoms with Gasteiger partial charge in [0, 0.05) is 18.7 Å². The summed E-state index contributed by atoms with van der Waals surface area (Å²) in [5, 5.41) is 11.6. The molecule has 68 valence electrons. The van der Waals surface area contributed by atoms with Crippen molar-refractivity contribution in [1.82, 2.24) is 0 Å². The summed E-state index contributed by atoms with van der Waals surface area (Å²) < 4.78 is 0. The van der Waals surface area contributed by atoms with E-state index >= 15 is 0 Å². The zero-order chi connectivity index (χ0) is 9.36. The molecule has 13 heavy (non-hydrogen) atoms. The maximum Gasteiger partial charge on any atom is 0.0621 e. The molecule has 0 saturated heterocycles. The van der Waals surface area contributed by atoms with Gasteiger partial charge in [-0.1, -0.05) is 18.2 Å². The summed E-state index contributed by atoms with van der Waals surface area (Å²) in [6.45, 7) is 0.950. The highest BCUT2D eigenvalue weighted by Gasteiger charge is 1.89. The zero-order valence-corrected chi connectivity index (χ0v) is 7.66. The highest BCUT2D eigenvalue weighted by atomic mass is 14.9. The minimum absolute atomic E-state index is 0.663. The second-order valence-corrected chi connectivity index (χ2v) is 2.91. The summed E-state index contributed by atoms with van der Waals surface area (Å²) >= 11 is 0. The van der Waals surface area contributed by atoms with E-state index < -0.39 is 0 Å². The van der Waals surface area contributed by atoms with Gasteiger partial charge in [-0.25, -0.2) is 0 Å². The molecule has 0 saturated carbocycles. The number of hydrogen-bond acceptors (Lipinski definition) is 2. The van der Waals surface area contributed by atoms with Gasteiger partial charge < -0.3 is 5.32 Å². The van der Waals surface area contributed by atoms with Crippen LogP contribution >= 0.6 is 0 Å². The van der Waals surface area contributed by atoms with Crippen molar-refractivity contribution in [2.45, 2.75) is 19.3 Å². The third-order valence-corrected chi connectivity index (χ3v) is 1.82. The number of unbranched alkanes of at least 4 members (excludes halogenated alkanes) is 2. The first-order valence-corrected chi connectivity index (χ1v) is 4.59. The molecule has 0 radical (unpaired) electrons. The molecule has 0 spiro atoms. The minimum atomic E-state index is 0.663. The van der Waals surface area contributed by atoms with E-state index in [0.29, 0.717) is 6.42 Å². The molecule has 0 aromatic heterocycles. The lowest BCUT2D eigenvalue weighted by Crippen LogP contribution is -2.00. The number of anilines is 1. The number of hydrogen-bond donors (Lipinski definition) is 1. The fourth-order valence-corrected chi connectivity index (χ4v) is 1.12. The number of benzene rings is 1. The maximum atomic E-state index is 8.31. The molecular formula is C11H14N2. The van der Waals surface area contributed by atoms with E-state index in [2.05, 4.69) is 11.4 Å². The number of nitriles is 1. The first-order chi connectivity index (χ1) is 6.43. The predicted molar refractivity (Wildman–Crippen MR) is 54.4 cm³/mol. The van der Waals surface area contributed by atoms with Crippen LogP contribution in [0.15, 0.2) is 30.3 Å². The molecule has 1 N–H and O–H groups in total. The molecular weight excluding hydrogens is 160 g/mol. The molecule has 0 aliphatic rings. The van der Waals surface area contributed by atoms with Crippen LogP contribution in [0.4, 0.5) is 5.69 Å². The first-order valence-electron chi connectivity index (χ1n) is 4.59. The molecule has 2 heteroatoms. The summed E-state index contributed by atoms with van der Waals surface area (Å²) in [7, 11) is 0. The van der Waals surface area contributed by atoms with E-state index in [1.165, 1.54) is 0 Å². The fraction of sp³-hybridized carbons (Fsp3) is 0.364. The van der Waals surface area contributed by atoms with Crippen LogP contribution in [0.2, 0.25) is 0 Å². The Morgan fingerprint density at radius 1 is 1.15 bits per heavy atom. The number of nitrogens with one attached hydrogen (secondary N) is 1. The molecule has 0 fully saturated rings. The molecule has 0 unspecified atom stereocenters. The number of rotatable bonds is 5. The van der Waals surface area contributed by atoms with Gasteiger partial charge in [-0.05, 0) is 25.0 Å². The Balaban J connectivity index is 2.11. The monoisotopic (exact) mass is 174 g/mol. The topological polar surface area (TPSA) is 35.8 Å². The number of para-hydroxylation sites is 1. The lowest BCUT2D eigenvalue weighted by atomic mass is 10.2. The second-order valence-electron chi connectivity index (χ2n) is 2.91. The summed E-state index contributed by atoms with van der Waals surface area (Å²) in [5.74, 6) is 0. The Morgan fingerprint density at radius 2 is 1.92 bits per heavy atom. The van der Waals surface area contributed by atoms with Crippen LogP contribution in [0.3, 0.4) is 0 Å². The number of nitrogens with zero attached hydrogens (tertiary/aromatic N) is 1. The van der Waals surface area contributed by atoms with Crippen molar-refractivity contribution in [3.63, 3.8) is 0 Å². The van der Waals surface area contributed by atoms with Gasteiger partial charge in [0.1, 0.15) is 0 Å². The largest absolute Gasteiger partial charge is 0.385 e. The van der Waals surface area contributed by atoms with Crippen LogP contribution in [0.25, 0.3) is 0 Å². The summed E-state index contributed by atoms with van der Waals surface area (Å²) in [4.78, 5) is 0. The van der Waals surface area contributed by atoms with E-state index in [1.807, 2.05) is 30.3 Å². The van der Waals surface area contributed by atoms with E-state index in [9.17, 15) is 0 Å². The fourth-order valence-electron chi connectivity index (χ4n) is 1.12. The average molecular weight is 174 g/mol. The molecule has 1 rings (SSSR count). The minimum Gasteiger partial charge on any atom is -0.385 e. The SMILES string of the molecule is N#CCCCCNc1ccccc1.